The Morgan fingerprint density at radius 3 is 2.94 bits per heavy atom. The maximum Gasteiger partial charge on any atom is 0.396 e. The Bertz CT molecular complexity index is 650. The Balaban J connectivity index is 1.99. The first-order chi connectivity index (χ1) is 8.63. The first-order valence-electron chi connectivity index (χ1n) is 5.89. The Morgan fingerprint density at radius 1 is 1.50 bits per heavy atom. The molecular formula is C13H12O4S. The van der Waals surface area contributed by atoms with Crippen molar-refractivity contribution in [1.82, 2.24) is 0 Å². The molecule has 18 heavy (non-hydrogen) atoms. The van der Waals surface area contributed by atoms with E-state index in [0.717, 1.165) is 34.4 Å². The zero-order valence-corrected chi connectivity index (χ0v) is 10.4. The van der Waals surface area contributed by atoms with Crippen molar-refractivity contribution in [2.75, 3.05) is 0 Å². The minimum atomic E-state index is -0.771. The van der Waals surface area contributed by atoms with Crippen molar-refractivity contribution in [1.29, 1.82) is 0 Å². The van der Waals surface area contributed by atoms with Crippen LogP contribution in [0.15, 0.2) is 27.4 Å². The second-order valence-electron chi connectivity index (χ2n) is 4.70. The standard InChI is InChI=1S/C13H12O4S/c14-12(15)6-9(7-1-2-7)8-3-4-10-11(5-8)18-13(16)17-10/h3-5,7,9H,1-2,6H2,(H,14,15). The van der Waals surface area contributed by atoms with E-state index in [4.69, 9.17) is 9.52 Å². The lowest BCUT2D eigenvalue weighted by atomic mass is 9.91. The molecule has 1 aliphatic carbocycles. The Kier molecular flexibility index (Phi) is 2.70. The third-order valence-corrected chi connectivity index (χ3v) is 4.16. The van der Waals surface area contributed by atoms with Crippen molar-refractivity contribution in [3.8, 4) is 0 Å². The van der Waals surface area contributed by atoms with Gasteiger partial charge in [-0.05, 0) is 42.4 Å². The number of rotatable bonds is 4. The van der Waals surface area contributed by atoms with E-state index in [1.807, 2.05) is 12.1 Å². The number of carbonyl (C=O) groups is 1. The molecule has 0 radical (unpaired) electrons. The molecular weight excluding hydrogens is 252 g/mol. The third kappa shape index (κ3) is 2.18. The molecule has 1 saturated carbocycles. The van der Waals surface area contributed by atoms with Gasteiger partial charge < -0.3 is 9.52 Å². The normalized spacial score (nSPS) is 16.9. The summed E-state index contributed by atoms with van der Waals surface area (Å²) >= 11 is 1.07. The predicted octanol–water partition coefficient (Wildman–Crippen LogP) is 2.82. The smallest absolute Gasteiger partial charge is 0.396 e. The van der Waals surface area contributed by atoms with E-state index in [0.29, 0.717) is 11.5 Å². The van der Waals surface area contributed by atoms with Gasteiger partial charge in [0.05, 0.1) is 11.1 Å². The first-order valence-corrected chi connectivity index (χ1v) is 6.70. The summed E-state index contributed by atoms with van der Waals surface area (Å²) in [6, 6.07) is 5.54. The van der Waals surface area contributed by atoms with E-state index in [1.165, 1.54) is 0 Å². The van der Waals surface area contributed by atoms with Crippen molar-refractivity contribution in [2.24, 2.45) is 5.92 Å². The maximum atomic E-state index is 11.2. The summed E-state index contributed by atoms with van der Waals surface area (Å²) in [5.74, 6) is -0.237. The lowest BCUT2D eigenvalue weighted by Gasteiger charge is -2.13. The average molecular weight is 264 g/mol. The molecule has 2 aromatic rings. The molecule has 0 aliphatic heterocycles. The number of carboxylic acids is 1. The van der Waals surface area contributed by atoms with Crippen LogP contribution >= 0.6 is 11.3 Å². The zero-order valence-electron chi connectivity index (χ0n) is 9.59. The molecule has 5 heteroatoms. The topological polar surface area (TPSA) is 67.5 Å². The molecule has 1 aromatic carbocycles. The molecule has 1 N–H and O–H groups in total. The van der Waals surface area contributed by atoms with Crippen molar-refractivity contribution in [3.63, 3.8) is 0 Å². The summed E-state index contributed by atoms with van der Waals surface area (Å²) in [7, 11) is 0. The average Bonchev–Trinajstić information content (AvgIpc) is 3.06. The number of aliphatic carboxylic acids is 1. The van der Waals surface area contributed by atoms with Crippen LogP contribution in [0, 0.1) is 5.92 Å². The molecule has 1 unspecified atom stereocenters. The monoisotopic (exact) mass is 264 g/mol. The van der Waals surface area contributed by atoms with Crippen LogP contribution in [0.25, 0.3) is 10.3 Å². The van der Waals surface area contributed by atoms with E-state index >= 15 is 0 Å². The molecule has 1 aliphatic rings. The number of hydrogen-bond acceptors (Lipinski definition) is 4. The summed E-state index contributed by atoms with van der Waals surface area (Å²) in [6.07, 6.45) is 2.35. The molecule has 4 nitrogen and oxygen atoms in total. The van der Waals surface area contributed by atoms with Crippen molar-refractivity contribution in [2.45, 2.75) is 25.2 Å². The molecule has 0 amide bonds. The third-order valence-electron chi connectivity index (χ3n) is 3.37. The van der Waals surface area contributed by atoms with Gasteiger partial charge in [0, 0.05) is 0 Å². The Labute approximate surface area is 107 Å². The quantitative estimate of drug-likeness (QED) is 0.922. The lowest BCUT2D eigenvalue weighted by molar-refractivity contribution is -0.137. The van der Waals surface area contributed by atoms with Crippen LogP contribution in [0.2, 0.25) is 0 Å². The van der Waals surface area contributed by atoms with Gasteiger partial charge in [0.25, 0.3) is 0 Å². The summed E-state index contributed by atoms with van der Waals surface area (Å²) in [5.41, 5.74) is 1.59. The van der Waals surface area contributed by atoms with E-state index in [9.17, 15) is 9.59 Å². The first kappa shape index (κ1) is 11.5. The van der Waals surface area contributed by atoms with Crippen LogP contribution < -0.4 is 4.94 Å². The van der Waals surface area contributed by atoms with Gasteiger partial charge in [-0.25, -0.2) is 4.79 Å². The van der Waals surface area contributed by atoms with E-state index in [2.05, 4.69) is 0 Å². The zero-order chi connectivity index (χ0) is 12.7. The Morgan fingerprint density at radius 2 is 2.28 bits per heavy atom. The van der Waals surface area contributed by atoms with Gasteiger partial charge in [-0.3, -0.25) is 4.79 Å². The van der Waals surface area contributed by atoms with Crippen LogP contribution in [-0.2, 0) is 4.79 Å². The number of benzene rings is 1. The predicted molar refractivity (Wildman–Crippen MR) is 68.1 cm³/mol. The van der Waals surface area contributed by atoms with E-state index in [-0.39, 0.29) is 17.3 Å². The molecule has 3 rings (SSSR count). The fourth-order valence-electron chi connectivity index (χ4n) is 2.36. The lowest BCUT2D eigenvalue weighted by Crippen LogP contribution is -2.08. The van der Waals surface area contributed by atoms with Gasteiger partial charge in [-0.2, -0.15) is 0 Å². The van der Waals surface area contributed by atoms with Crippen LogP contribution in [0.1, 0.15) is 30.7 Å². The molecule has 1 aromatic heterocycles. The van der Waals surface area contributed by atoms with Gasteiger partial charge in [0.15, 0.2) is 0 Å². The number of fused-ring (bicyclic) bond motifs is 1. The van der Waals surface area contributed by atoms with Crippen LogP contribution in [0.4, 0.5) is 0 Å². The molecule has 1 heterocycles. The minimum Gasteiger partial charge on any atom is -0.481 e. The van der Waals surface area contributed by atoms with Crippen LogP contribution in [0.3, 0.4) is 0 Å². The van der Waals surface area contributed by atoms with Crippen LogP contribution in [-0.4, -0.2) is 11.1 Å². The number of hydrogen-bond donors (Lipinski definition) is 1. The fourth-order valence-corrected chi connectivity index (χ4v) is 3.08. The molecule has 1 fully saturated rings. The molecule has 0 bridgehead atoms. The highest BCUT2D eigenvalue weighted by atomic mass is 32.1. The van der Waals surface area contributed by atoms with Gasteiger partial charge in [0.1, 0.15) is 5.58 Å². The van der Waals surface area contributed by atoms with Crippen LogP contribution in [0.5, 0.6) is 0 Å². The van der Waals surface area contributed by atoms with E-state index in [1.54, 1.807) is 6.07 Å². The fraction of sp³-hybridized carbons (Fsp3) is 0.385. The Hall–Kier alpha value is -1.62. The highest BCUT2D eigenvalue weighted by Crippen LogP contribution is 2.45. The van der Waals surface area contributed by atoms with Gasteiger partial charge >= 0.3 is 10.9 Å². The van der Waals surface area contributed by atoms with Crippen molar-refractivity contribution < 1.29 is 14.3 Å². The van der Waals surface area contributed by atoms with Gasteiger partial charge in [-0.15, -0.1) is 0 Å². The molecule has 0 spiro atoms. The van der Waals surface area contributed by atoms with Crippen molar-refractivity contribution in [3.05, 3.63) is 33.5 Å². The van der Waals surface area contributed by atoms with E-state index < -0.39 is 5.97 Å². The highest BCUT2D eigenvalue weighted by molar-refractivity contribution is 7.16. The molecule has 0 saturated heterocycles. The largest absolute Gasteiger partial charge is 0.481 e. The highest BCUT2D eigenvalue weighted by Gasteiger charge is 2.33. The van der Waals surface area contributed by atoms with Gasteiger partial charge in [-0.1, -0.05) is 17.4 Å². The number of carboxylic acid groups (broad SMARTS) is 1. The summed E-state index contributed by atoms with van der Waals surface area (Å²) in [6.45, 7) is 0. The second kappa shape index (κ2) is 4.24. The second-order valence-corrected chi connectivity index (χ2v) is 5.68. The SMILES string of the molecule is O=C(O)CC(c1ccc2oc(=O)sc2c1)C1CC1. The van der Waals surface area contributed by atoms with Gasteiger partial charge in [0.2, 0.25) is 0 Å². The van der Waals surface area contributed by atoms with Crippen molar-refractivity contribution >= 4 is 27.6 Å². The molecule has 1 atom stereocenters. The maximum absolute atomic E-state index is 11.2. The summed E-state index contributed by atoms with van der Waals surface area (Å²) in [4.78, 5) is 21.8. The minimum absolute atomic E-state index is 0.0594. The summed E-state index contributed by atoms with van der Waals surface area (Å²) < 4.78 is 5.81. The molecule has 94 valence electrons. The summed E-state index contributed by atoms with van der Waals surface area (Å²) in [5, 5.41) is 8.97.